The first-order valence-electron chi connectivity index (χ1n) is 8.34. The molecule has 1 fully saturated rings. The molecule has 25 heavy (non-hydrogen) atoms. The predicted octanol–water partition coefficient (Wildman–Crippen LogP) is 2.16. The minimum absolute atomic E-state index is 0.0142. The van der Waals surface area contributed by atoms with Crippen LogP contribution in [0.25, 0.3) is 0 Å². The Bertz CT molecular complexity index is 799. The first-order chi connectivity index (χ1) is 11.9. The number of aromatic nitrogens is 3. The van der Waals surface area contributed by atoms with E-state index in [0.29, 0.717) is 6.01 Å². The summed E-state index contributed by atoms with van der Waals surface area (Å²) in [5, 5.41) is 0. The van der Waals surface area contributed by atoms with E-state index in [-0.39, 0.29) is 17.0 Å². The van der Waals surface area contributed by atoms with Crippen molar-refractivity contribution in [1.29, 1.82) is 0 Å². The molecular weight excluding hydrogens is 340 g/mol. The van der Waals surface area contributed by atoms with Gasteiger partial charge in [-0.3, -0.25) is 4.98 Å². The van der Waals surface area contributed by atoms with Gasteiger partial charge in [0.1, 0.15) is 11.0 Å². The number of sulfonamides is 1. The summed E-state index contributed by atoms with van der Waals surface area (Å²) in [6.07, 6.45) is 5.88. The molecule has 2 aromatic heterocycles. The molecule has 134 valence electrons. The molecule has 0 bridgehead atoms. The van der Waals surface area contributed by atoms with E-state index in [4.69, 9.17) is 4.74 Å². The zero-order valence-corrected chi connectivity index (χ0v) is 15.2. The third kappa shape index (κ3) is 4.73. The van der Waals surface area contributed by atoms with E-state index in [1.807, 2.05) is 19.9 Å². The van der Waals surface area contributed by atoms with Gasteiger partial charge in [-0.05, 0) is 57.7 Å². The summed E-state index contributed by atoms with van der Waals surface area (Å²) in [7, 11) is -3.53. The Balaban J connectivity index is 1.55. The maximum Gasteiger partial charge on any atom is 0.317 e. The van der Waals surface area contributed by atoms with E-state index < -0.39 is 10.0 Å². The normalized spacial score (nSPS) is 21.0. The van der Waals surface area contributed by atoms with Crippen LogP contribution in [0, 0.1) is 13.8 Å². The van der Waals surface area contributed by atoms with Crippen molar-refractivity contribution in [2.45, 2.75) is 56.6 Å². The average Bonchev–Trinajstić information content (AvgIpc) is 2.56. The smallest absolute Gasteiger partial charge is 0.317 e. The van der Waals surface area contributed by atoms with E-state index in [0.717, 1.165) is 37.1 Å². The summed E-state index contributed by atoms with van der Waals surface area (Å²) in [6, 6.07) is 5.36. The molecule has 7 nitrogen and oxygen atoms in total. The minimum atomic E-state index is -3.53. The van der Waals surface area contributed by atoms with Crippen molar-refractivity contribution in [3.05, 3.63) is 42.0 Å². The highest BCUT2D eigenvalue weighted by molar-refractivity contribution is 7.89. The molecule has 1 N–H and O–H groups in total. The lowest BCUT2D eigenvalue weighted by Gasteiger charge is -2.28. The maximum atomic E-state index is 12.3. The van der Waals surface area contributed by atoms with Crippen molar-refractivity contribution in [3.63, 3.8) is 0 Å². The van der Waals surface area contributed by atoms with Crippen LogP contribution in [0.1, 0.15) is 37.1 Å². The van der Waals surface area contributed by atoms with Crippen LogP contribution in [0.3, 0.4) is 0 Å². The number of rotatable bonds is 5. The molecule has 0 aromatic carbocycles. The summed E-state index contributed by atoms with van der Waals surface area (Å²) >= 11 is 0. The van der Waals surface area contributed by atoms with Gasteiger partial charge in [0.05, 0.1) is 0 Å². The Morgan fingerprint density at radius 2 is 1.80 bits per heavy atom. The fourth-order valence-corrected chi connectivity index (χ4v) is 4.26. The summed E-state index contributed by atoms with van der Waals surface area (Å²) < 4.78 is 33.3. The molecule has 0 amide bonds. The average molecular weight is 362 g/mol. The topological polar surface area (TPSA) is 94.1 Å². The fraction of sp³-hybridized carbons (Fsp3) is 0.471. The van der Waals surface area contributed by atoms with Crippen LogP contribution in [0.15, 0.2) is 35.5 Å². The molecule has 0 spiro atoms. The number of hydrogen-bond donors (Lipinski definition) is 1. The van der Waals surface area contributed by atoms with Crippen LogP contribution in [0.2, 0.25) is 0 Å². The Kier molecular flexibility index (Phi) is 5.29. The van der Waals surface area contributed by atoms with Gasteiger partial charge in [-0.15, -0.1) is 0 Å². The van der Waals surface area contributed by atoms with Gasteiger partial charge in [-0.25, -0.2) is 23.1 Å². The highest BCUT2D eigenvalue weighted by Crippen LogP contribution is 2.23. The van der Waals surface area contributed by atoms with Gasteiger partial charge in [0, 0.05) is 29.8 Å². The second-order valence-corrected chi connectivity index (χ2v) is 8.05. The van der Waals surface area contributed by atoms with Gasteiger partial charge in [0.2, 0.25) is 10.0 Å². The summed E-state index contributed by atoms with van der Waals surface area (Å²) in [6.45, 7) is 3.82. The minimum Gasteiger partial charge on any atom is -0.460 e. The Hall–Kier alpha value is -2.06. The maximum absolute atomic E-state index is 12.3. The van der Waals surface area contributed by atoms with E-state index in [1.165, 1.54) is 6.20 Å². The molecule has 0 unspecified atom stereocenters. The highest BCUT2D eigenvalue weighted by Gasteiger charge is 2.27. The molecule has 2 aromatic rings. The van der Waals surface area contributed by atoms with Crippen molar-refractivity contribution < 1.29 is 13.2 Å². The van der Waals surface area contributed by atoms with Crippen LogP contribution in [-0.4, -0.2) is 35.5 Å². The van der Waals surface area contributed by atoms with Crippen molar-refractivity contribution in [1.82, 2.24) is 19.7 Å². The van der Waals surface area contributed by atoms with Crippen LogP contribution in [0.5, 0.6) is 6.01 Å². The zero-order chi connectivity index (χ0) is 17.9. The second-order valence-electron chi connectivity index (χ2n) is 6.33. The van der Waals surface area contributed by atoms with Crippen LogP contribution in [-0.2, 0) is 10.0 Å². The fourth-order valence-electron chi connectivity index (χ4n) is 2.99. The lowest BCUT2D eigenvalue weighted by Crippen LogP contribution is -2.39. The Morgan fingerprint density at radius 3 is 2.40 bits per heavy atom. The van der Waals surface area contributed by atoms with Crippen LogP contribution < -0.4 is 9.46 Å². The van der Waals surface area contributed by atoms with E-state index in [2.05, 4.69) is 19.7 Å². The lowest BCUT2D eigenvalue weighted by molar-refractivity contribution is 0.131. The van der Waals surface area contributed by atoms with E-state index in [9.17, 15) is 8.42 Å². The predicted molar refractivity (Wildman–Crippen MR) is 92.7 cm³/mol. The molecule has 0 saturated heterocycles. The molecule has 3 rings (SSSR count). The van der Waals surface area contributed by atoms with Gasteiger partial charge in [0.15, 0.2) is 0 Å². The number of nitrogens with zero attached hydrogens (tertiary/aromatic N) is 3. The molecular formula is C17H22N4O3S. The largest absolute Gasteiger partial charge is 0.460 e. The summed E-state index contributed by atoms with van der Waals surface area (Å²) in [5.74, 6) is 0. The summed E-state index contributed by atoms with van der Waals surface area (Å²) in [5.41, 5.74) is 1.75. The van der Waals surface area contributed by atoms with Gasteiger partial charge >= 0.3 is 6.01 Å². The highest BCUT2D eigenvalue weighted by atomic mass is 32.2. The van der Waals surface area contributed by atoms with Crippen LogP contribution >= 0.6 is 0 Å². The van der Waals surface area contributed by atoms with E-state index in [1.54, 1.807) is 18.3 Å². The van der Waals surface area contributed by atoms with Gasteiger partial charge < -0.3 is 4.74 Å². The van der Waals surface area contributed by atoms with Crippen molar-refractivity contribution in [3.8, 4) is 6.01 Å². The monoisotopic (exact) mass is 362 g/mol. The summed E-state index contributed by atoms with van der Waals surface area (Å²) in [4.78, 5) is 12.6. The Morgan fingerprint density at radius 1 is 1.12 bits per heavy atom. The van der Waals surface area contributed by atoms with E-state index >= 15 is 0 Å². The van der Waals surface area contributed by atoms with Crippen LogP contribution in [0.4, 0.5) is 0 Å². The molecule has 1 aliphatic carbocycles. The molecule has 2 heterocycles. The van der Waals surface area contributed by atoms with Crippen molar-refractivity contribution >= 4 is 10.0 Å². The van der Waals surface area contributed by atoms with Gasteiger partial charge in [-0.2, -0.15) is 0 Å². The Labute approximate surface area is 147 Å². The second kappa shape index (κ2) is 7.45. The first-order valence-corrected chi connectivity index (χ1v) is 9.82. The molecule has 0 aliphatic heterocycles. The van der Waals surface area contributed by atoms with Gasteiger partial charge in [-0.1, -0.05) is 0 Å². The molecule has 0 radical (unpaired) electrons. The third-order valence-corrected chi connectivity index (χ3v) is 5.68. The standard InChI is InChI=1S/C17H22N4O3S/c1-12-10-13(2)20-17(19-12)24-15-7-5-14(6-8-15)21-25(22,23)16-4-3-9-18-11-16/h3-4,9-11,14-15,21H,5-8H2,1-2H3. The van der Waals surface area contributed by atoms with Gasteiger partial charge in [0.25, 0.3) is 0 Å². The quantitative estimate of drug-likeness (QED) is 0.876. The molecule has 1 saturated carbocycles. The number of pyridine rings is 1. The molecule has 1 aliphatic rings. The lowest BCUT2D eigenvalue weighted by atomic mass is 9.94. The molecule has 8 heteroatoms. The third-order valence-electron chi connectivity index (χ3n) is 4.17. The number of aryl methyl sites for hydroxylation is 2. The molecule has 0 atom stereocenters. The number of nitrogens with one attached hydrogen (secondary N) is 1. The van der Waals surface area contributed by atoms with Crippen molar-refractivity contribution in [2.24, 2.45) is 0 Å². The van der Waals surface area contributed by atoms with Crippen molar-refractivity contribution in [2.75, 3.05) is 0 Å². The number of ether oxygens (including phenoxy) is 1. The zero-order valence-electron chi connectivity index (χ0n) is 14.3. The first kappa shape index (κ1) is 17.8. The SMILES string of the molecule is Cc1cc(C)nc(OC2CCC(NS(=O)(=O)c3cccnc3)CC2)n1. The number of hydrogen-bond acceptors (Lipinski definition) is 6.